The number of halogens is 2. The highest BCUT2D eigenvalue weighted by atomic mass is 35.5. The highest BCUT2D eigenvalue weighted by molar-refractivity contribution is 6.32. The summed E-state index contributed by atoms with van der Waals surface area (Å²) in [6.45, 7) is 4.64. The summed E-state index contributed by atoms with van der Waals surface area (Å²) in [4.78, 5) is 0. The average Bonchev–Trinajstić information content (AvgIpc) is 2.53. The minimum Gasteiger partial charge on any atom is -0.490 e. The van der Waals surface area contributed by atoms with Crippen molar-refractivity contribution in [3.05, 3.63) is 46.8 Å². The lowest BCUT2D eigenvalue weighted by Gasteiger charge is -2.20. The van der Waals surface area contributed by atoms with Gasteiger partial charge in [0.25, 0.3) is 0 Å². The molecule has 0 amide bonds. The van der Waals surface area contributed by atoms with Gasteiger partial charge in [0.1, 0.15) is 0 Å². The van der Waals surface area contributed by atoms with Crippen LogP contribution < -0.4 is 4.74 Å². The van der Waals surface area contributed by atoms with E-state index in [1.807, 2.05) is 13.0 Å². The minimum absolute atomic E-state index is 0.185. The first-order valence-corrected chi connectivity index (χ1v) is 8.48. The van der Waals surface area contributed by atoms with E-state index < -0.39 is 5.82 Å². The average molecular weight is 323 g/mol. The third-order valence-corrected chi connectivity index (χ3v) is 4.43. The van der Waals surface area contributed by atoms with Gasteiger partial charge in [0, 0.05) is 0 Å². The number of benzene rings is 1. The van der Waals surface area contributed by atoms with E-state index in [-0.39, 0.29) is 10.8 Å². The van der Waals surface area contributed by atoms with Gasteiger partial charge in [0.15, 0.2) is 11.6 Å². The first kappa shape index (κ1) is 17.1. The fourth-order valence-corrected chi connectivity index (χ4v) is 3.04. The van der Waals surface area contributed by atoms with Crippen LogP contribution in [0, 0.1) is 11.7 Å². The summed E-state index contributed by atoms with van der Waals surface area (Å²) in [7, 11) is 0. The van der Waals surface area contributed by atoms with E-state index in [4.69, 9.17) is 16.3 Å². The van der Waals surface area contributed by atoms with E-state index in [9.17, 15) is 4.39 Å². The lowest BCUT2D eigenvalue weighted by molar-refractivity contribution is 0.294. The number of hydrogen-bond donors (Lipinski definition) is 0. The number of rotatable bonds is 6. The summed E-state index contributed by atoms with van der Waals surface area (Å²) in [5.41, 5.74) is 1.95. The predicted octanol–water partition coefficient (Wildman–Crippen LogP) is 6.42. The highest BCUT2D eigenvalue weighted by Crippen LogP contribution is 2.37. The van der Waals surface area contributed by atoms with Gasteiger partial charge in [0.2, 0.25) is 0 Å². The maximum absolute atomic E-state index is 14.3. The molecule has 1 nitrogen and oxygen atoms in total. The van der Waals surface area contributed by atoms with Crippen molar-refractivity contribution < 1.29 is 9.13 Å². The number of ether oxygens (including phenoxy) is 1. The lowest BCUT2D eigenvalue weighted by Crippen LogP contribution is -2.04. The van der Waals surface area contributed by atoms with Gasteiger partial charge in [-0.1, -0.05) is 43.2 Å². The molecule has 1 unspecified atom stereocenters. The molecule has 1 aliphatic rings. The standard InChI is InChI=1S/C19H24ClFO/c1-3-5-13-22-17-12-11-16(18(20)19(17)21)15-9-7-14(6-4-2)8-10-15/h4,6,9,11-12,14H,3,5,7-8,10,13H2,1-2H3. The molecule has 1 aromatic carbocycles. The molecule has 1 aliphatic carbocycles. The van der Waals surface area contributed by atoms with Crippen LogP contribution in [0.5, 0.6) is 5.75 Å². The number of hydrogen-bond acceptors (Lipinski definition) is 1. The molecule has 120 valence electrons. The largest absolute Gasteiger partial charge is 0.490 e. The van der Waals surface area contributed by atoms with Crippen molar-refractivity contribution in [1.82, 2.24) is 0 Å². The summed E-state index contributed by atoms with van der Waals surface area (Å²) in [6, 6.07) is 3.58. The second kappa shape index (κ2) is 8.38. The third-order valence-electron chi connectivity index (χ3n) is 4.06. The number of allylic oxidation sites excluding steroid dienone is 4. The Labute approximate surface area is 137 Å². The van der Waals surface area contributed by atoms with Gasteiger partial charge in [-0.15, -0.1) is 0 Å². The Morgan fingerprint density at radius 2 is 2.23 bits per heavy atom. The molecule has 0 bridgehead atoms. The molecule has 0 spiro atoms. The van der Waals surface area contributed by atoms with Crippen molar-refractivity contribution >= 4 is 17.2 Å². The van der Waals surface area contributed by atoms with Crippen molar-refractivity contribution in [2.45, 2.75) is 46.0 Å². The fraction of sp³-hybridized carbons (Fsp3) is 0.474. The zero-order valence-corrected chi connectivity index (χ0v) is 14.1. The van der Waals surface area contributed by atoms with Gasteiger partial charge in [-0.2, -0.15) is 0 Å². The van der Waals surface area contributed by atoms with E-state index in [2.05, 4.69) is 25.2 Å². The van der Waals surface area contributed by atoms with Crippen LogP contribution in [0.25, 0.3) is 5.57 Å². The first-order chi connectivity index (χ1) is 10.7. The van der Waals surface area contributed by atoms with E-state index in [0.717, 1.165) is 43.2 Å². The molecule has 0 saturated carbocycles. The summed E-state index contributed by atoms with van der Waals surface area (Å²) in [5.74, 6) is 0.408. The Kier molecular flexibility index (Phi) is 6.50. The van der Waals surface area contributed by atoms with E-state index in [1.165, 1.54) is 0 Å². The van der Waals surface area contributed by atoms with Crippen LogP contribution in [-0.4, -0.2) is 6.61 Å². The fourth-order valence-electron chi connectivity index (χ4n) is 2.76. The molecular formula is C19H24ClFO. The van der Waals surface area contributed by atoms with Crippen molar-refractivity contribution in [2.24, 2.45) is 5.92 Å². The Morgan fingerprint density at radius 1 is 1.41 bits per heavy atom. The van der Waals surface area contributed by atoms with Crippen molar-refractivity contribution in [3.8, 4) is 5.75 Å². The molecule has 0 heterocycles. The molecule has 0 aromatic heterocycles. The maximum Gasteiger partial charge on any atom is 0.184 e. The Hall–Kier alpha value is -1.28. The zero-order chi connectivity index (χ0) is 15.9. The number of unbranched alkanes of at least 4 members (excludes halogenated alkanes) is 1. The SMILES string of the molecule is CC=CC1CC=C(c2ccc(OCCCC)c(F)c2Cl)CC1. The van der Waals surface area contributed by atoms with Crippen LogP contribution >= 0.6 is 11.6 Å². The van der Waals surface area contributed by atoms with Crippen LogP contribution in [0.15, 0.2) is 30.4 Å². The highest BCUT2D eigenvalue weighted by Gasteiger charge is 2.19. The summed E-state index contributed by atoms with van der Waals surface area (Å²) >= 11 is 6.23. The molecule has 0 aliphatic heterocycles. The van der Waals surface area contributed by atoms with Gasteiger partial charge < -0.3 is 4.74 Å². The van der Waals surface area contributed by atoms with Crippen LogP contribution in [0.1, 0.15) is 51.5 Å². The maximum atomic E-state index is 14.3. The Morgan fingerprint density at radius 3 is 2.86 bits per heavy atom. The second-order valence-corrected chi connectivity index (χ2v) is 6.11. The molecule has 0 N–H and O–H groups in total. The molecule has 22 heavy (non-hydrogen) atoms. The molecule has 0 radical (unpaired) electrons. The Balaban J connectivity index is 2.14. The van der Waals surface area contributed by atoms with Crippen molar-refractivity contribution in [1.29, 1.82) is 0 Å². The van der Waals surface area contributed by atoms with E-state index in [1.54, 1.807) is 6.07 Å². The van der Waals surface area contributed by atoms with Crippen LogP contribution in [0.3, 0.4) is 0 Å². The summed E-state index contributed by atoms with van der Waals surface area (Å²) in [6.07, 6.45) is 11.5. The monoisotopic (exact) mass is 322 g/mol. The molecule has 1 atom stereocenters. The van der Waals surface area contributed by atoms with Gasteiger partial charge >= 0.3 is 0 Å². The molecule has 0 saturated heterocycles. The van der Waals surface area contributed by atoms with Crippen molar-refractivity contribution in [3.63, 3.8) is 0 Å². The first-order valence-electron chi connectivity index (χ1n) is 8.10. The normalized spacial score (nSPS) is 18.5. The summed E-state index contributed by atoms with van der Waals surface area (Å²) < 4.78 is 19.8. The topological polar surface area (TPSA) is 9.23 Å². The third kappa shape index (κ3) is 4.13. The van der Waals surface area contributed by atoms with Gasteiger partial charge in [-0.25, -0.2) is 4.39 Å². The molecule has 0 fully saturated rings. The smallest absolute Gasteiger partial charge is 0.184 e. The molecule has 3 heteroatoms. The Bertz CT molecular complexity index is 563. The predicted molar refractivity (Wildman–Crippen MR) is 91.9 cm³/mol. The minimum atomic E-state index is -0.438. The summed E-state index contributed by atoms with van der Waals surface area (Å²) in [5, 5.41) is 0.185. The van der Waals surface area contributed by atoms with Gasteiger partial charge in [0.05, 0.1) is 11.6 Å². The van der Waals surface area contributed by atoms with Crippen LogP contribution in [0.2, 0.25) is 5.02 Å². The molecule has 1 aromatic rings. The van der Waals surface area contributed by atoms with Crippen molar-refractivity contribution in [2.75, 3.05) is 6.61 Å². The van der Waals surface area contributed by atoms with Crippen LogP contribution in [-0.2, 0) is 0 Å². The zero-order valence-electron chi connectivity index (χ0n) is 13.4. The lowest BCUT2D eigenvalue weighted by atomic mass is 9.86. The van der Waals surface area contributed by atoms with Gasteiger partial charge in [-0.3, -0.25) is 0 Å². The van der Waals surface area contributed by atoms with Gasteiger partial charge in [-0.05, 0) is 61.8 Å². The second-order valence-electron chi connectivity index (χ2n) is 5.73. The van der Waals surface area contributed by atoms with E-state index in [0.29, 0.717) is 12.5 Å². The van der Waals surface area contributed by atoms with Crippen LogP contribution in [0.4, 0.5) is 4.39 Å². The van der Waals surface area contributed by atoms with E-state index >= 15 is 0 Å². The molecular weight excluding hydrogens is 299 g/mol. The molecule has 2 rings (SSSR count). The quantitative estimate of drug-likeness (QED) is 0.434.